The van der Waals surface area contributed by atoms with Crippen molar-refractivity contribution in [3.63, 3.8) is 0 Å². The van der Waals surface area contributed by atoms with Crippen molar-refractivity contribution < 1.29 is 8.78 Å². The molecule has 0 aliphatic carbocycles. The summed E-state index contributed by atoms with van der Waals surface area (Å²) in [6.07, 6.45) is 3.61. The van der Waals surface area contributed by atoms with Gasteiger partial charge in [0.15, 0.2) is 0 Å². The van der Waals surface area contributed by atoms with Crippen molar-refractivity contribution in [3.05, 3.63) is 63.9 Å². The third-order valence-corrected chi connectivity index (χ3v) is 3.24. The average molecular weight is 328 g/mol. The summed E-state index contributed by atoms with van der Waals surface area (Å²) in [5.74, 6) is 4.15. The molecule has 1 aromatic carbocycles. The van der Waals surface area contributed by atoms with Crippen molar-refractivity contribution in [3.8, 4) is 0 Å². The lowest BCUT2D eigenvalue weighted by Crippen LogP contribution is -2.31. The number of rotatable bonds is 4. The van der Waals surface area contributed by atoms with Gasteiger partial charge < -0.3 is 0 Å². The van der Waals surface area contributed by atoms with Crippen LogP contribution in [0.15, 0.2) is 41.1 Å². The number of aromatic nitrogens is 1. The number of halogens is 3. The van der Waals surface area contributed by atoms with Crippen LogP contribution in [0.5, 0.6) is 0 Å². The molecular formula is C13H12BrF2N3. The second-order valence-electron chi connectivity index (χ2n) is 4.06. The third-order valence-electron chi connectivity index (χ3n) is 2.78. The number of hydrogen-bond donors (Lipinski definition) is 2. The maximum Gasteiger partial charge on any atom is 0.132 e. The van der Waals surface area contributed by atoms with E-state index in [1.54, 1.807) is 24.5 Å². The fraction of sp³-hybridized carbons (Fsp3) is 0.154. The number of hydrazine groups is 1. The Balaban J connectivity index is 2.32. The fourth-order valence-electron chi connectivity index (χ4n) is 1.89. The highest BCUT2D eigenvalue weighted by atomic mass is 79.9. The Hall–Kier alpha value is -1.37. The topological polar surface area (TPSA) is 50.9 Å². The summed E-state index contributed by atoms with van der Waals surface area (Å²) in [5, 5.41) is 0. The first-order valence-corrected chi connectivity index (χ1v) is 6.40. The minimum absolute atomic E-state index is 0.0671. The Morgan fingerprint density at radius 2 is 1.79 bits per heavy atom. The molecule has 0 aliphatic heterocycles. The van der Waals surface area contributed by atoms with Crippen LogP contribution in [0.2, 0.25) is 0 Å². The van der Waals surface area contributed by atoms with Gasteiger partial charge in [0.05, 0.1) is 6.04 Å². The van der Waals surface area contributed by atoms with Crippen LogP contribution in [0.25, 0.3) is 0 Å². The molecule has 0 radical (unpaired) electrons. The third kappa shape index (κ3) is 3.34. The van der Waals surface area contributed by atoms with Crippen molar-refractivity contribution in [2.24, 2.45) is 5.84 Å². The lowest BCUT2D eigenvalue weighted by molar-refractivity contribution is 0.472. The number of hydrogen-bond acceptors (Lipinski definition) is 3. The smallest absolute Gasteiger partial charge is 0.132 e. The van der Waals surface area contributed by atoms with E-state index in [0.29, 0.717) is 10.9 Å². The largest absolute Gasteiger partial charge is 0.271 e. The van der Waals surface area contributed by atoms with E-state index in [2.05, 4.69) is 26.3 Å². The van der Waals surface area contributed by atoms with Gasteiger partial charge in [-0.2, -0.15) is 0 Å². The van der Waals surface area contributed by atoms with Crippen LogP contribution in [0.1, 0.15) is 17.2 Å². The lowest BCUT2D eigenvalue weighted by atomic mass is 9.99. The van der Waals surface area contributed by atoms with Gasteiger partial charge in [-0.15, -0.1) is 0 Å². The van der Waals surface area contributed by atoms with Gasteiger partial charge in [0.1, 0.15) is 11.6 Å². The van der Waals surface area contributed by atoms with Gasteiger partial charge in [-0.1, -0.05) is 15.9 Å². The molecule has 2 rings (SSSR count). The Morgan fingerprint density at radius 3 is 2.32 bits per heavy atom. The van der Waals surface area contributed by atoms with Crippen LogP contribution in [0.3, 0.4) is 0 Å². The van der Waals surface area contributed by atoms with Gasteiger partial charge in [-0.25, -0.2) is 8.78 Å². The highest BCUT2D eigenvalue weighted by molar-refractivity contribution is 9.10. The monoisotopic (exact) mass is 327 g/mol. The van der Waals surface area contributed by atoms with Crippen molar-refractivity contribution in [2.45, 2.75) is 12.5 Å². The predicted octanol–water partition coefficient (Wildman–Crippen LogP) is 2.87. The summed E-state index contributed by atoms with van der Waals surface area (Å²) >= 11 is 3.05. The van der Waals surface area contributed by atoms with Crippen molar-refractivity contribution in [2.75, 3.05) is 0 Å². The zero-order valence-electron chi connectivity index (χ0n) is 9.91. The molecule has 0 fully saturated rings. The van der Waals surface area contributed by atoms with E-state index in [4.69, 9.17) is 5.84 Å². The van der Waals surface area contributed by atoms with E-state index in [-0.39, 0.29) is 5.56 Å². The molecule has 19 heavy (non-hydrogen) atoms. The second-order valence-corrected chi connectivity index (χ2v) is 4.98. The van der Waals surface area contributed by atoms with Gasteiger partial charge in [-0.05, 0) is 36.2 Å². The number of pyridine rings is 1. The summed E-state index contributed by atoms with van der Waals surface area (Å²) in [6.45, 7) is 0. The minimum Gasteiger partial charge on any atom is -0.271 e. The molecule has 0 aliphatic rings. The Labute approximate surface area is 117 Å². The zero-order valence-corrected chi connectivity index (χ0v) is 11.5. The molecule has 0 saturated carbocycles. The Bertz CT molecular complexity index is 540. The van der Waals surface area contributed by atoms with E-state index in [1.165, 1.54) is 12.1 Å². The predicted molar refractivity (Wildman–Crippen MR) is 72.1 cm³/mol. The molecule has 1 unspecified atom stereocenters. The molecule has 1 atom stereocenters. The minimum atomic E-state index is -0.643. The molecule has 1 aromatic heterocycles. The van der Waals surface area contributed by atoms with Crippen molar-refractivity contribution in [1.82, 2.24) is 10.4 Å². The van der Waals surface area contributed by atoms with Gasteiger partial charge in [-0.3, -0.25) is 16.3 Å². The molecular weight excluding hydrogens is 316 g/mol. The van der Waals surface area contributed by atoms with Gasteiger partial charge in [0.25, 0.3) is 0 Å². The number of benzene rings is 1. The van der Waals surface area contributed by atoms with Crippen LogP contribution >= 0.6 is 15.9 Å². The van der Waals surface area contributed by atoms with E-state index in [1.807, 2.05) is 0 Å². The maximum atomic E-state index is 13.9. The van der Waals surface area contributed by atoms with E-state index < -0.39 is 17.7 Å². The summed E-state index contributed by atoms with van der Waals surface area (Å²) in [7, 11) is 0. The van der Waals surface area contributed by atoms with Gasteiger partial charge in [0, 0.05) is 22.4 Å². The first-order chi connectivity index (χ1) is 9.11. The SMILES string of the molecule is NNC(Cc1ccncc1)c1c(F)cc(Br)cc1F. The fourth-order valence-corrected chi connectivity index (χ4v) is 2.29. The van der Waals surface area contributed by atoms with Gasteiger partial charge in [0.2, 0.25) is 0 Å². The average Bonchev–Trinajstić information content (AvgIpc) is 2.37. The van der Waals surface area contributed by atoms with E-state index in [9.17, 15) is 8.78 Å². The lowest BCUT2D eigenvalue weighted by Gasteiger charge is -2.18. The molecule has 3 N–H and O–H groups in total. The molecule has 100 valence electrons. The number of nitrogens with zero attached hydrogens (tertiary/aromatic N) is 1. The summed E-state index contributed by atoms with van der Waals surface area (Å²) in [5.41, 5.74) is 3.27. The Morgan fingerprint density at radius 1 is 1.21 bits per heavy atom. The normalized spacial score (nSPS) is 12.4. The zero-order chi connectivity index (χ0) is 13.8. The molecule has 0 saturated heterocycles. The molecule has 6 heteroatoms. The maximum absolute atomic E-state index is 13.9. The molecule has 0 amide bonds. The standard InChI is InChI=1S/C13H12BrF2N3/c14-9-6-10(15)13(11(16)7-9)12(19-17)5-8-1-3-18-4-2-8/h1-4,6-7,12,19H,5,17H2. The Kier molecular flexibility index (Phi) is 4.57. The quantitative estimate of drug-likeness (QED) is 0.670. The molecule has 2 aromatic rings. The first-order valence-electron chi connectivity index (χ1n) is 5.61. The van der Waals surface area contributed by atoms with Crippen LogP contribution in [-0.2, 0) is 6.42 Å². The number of nitrogens with one attached hydrogen (secondary N) is 1. The van der Waals surface area contributed by atoms with Crippen molar-refractivity contribution >= 4 is 15.9 Å². The van der Waals surface area contributed by atoms with Crippen LogP contribution in [-0.4, -0.2) is 4.98 Å². The highest BCUT2D eigenvalue weighted by Gasteiger charge is 2.20. The molecule has 3 nitrogen and oxygen atoms in total. The summed E-state index contributed by atoms with van der Waals surface area (Å²) in [4.78, 5) is 3.89. The number of nitrogens with two attached hydrogens (primary N) is 1. The van der Waals surface area contributed by atoms with Crippen LogP contribution < -0.4 is 11.3 Å². The highest BCUT2D eigenvalue weighted by Crippen LogP contribution is 2.26. The van der Waals surface area contributed by atoms with Crippen molar-refractivity contribution in [1.29, 1.82) is 0 Å². The van der Waals surface area contributed by atoms with Gasteiger partial charge >= 0.3 is 0 Å². The second kappa shape index (κ2) is 6.18. The molecule has 1 heterocycles. The van der Waals surface area contributed by atoms with Crippen LogP contribution in [0, 0.1) is 11.6 Å². The van der Waals surface area contributed by atoms with Crippen LogP contribution in [0.4, 0.5) is 8.78 Å². The first kappa shape index (κ1) is 14.0. The van der Waals surface area contributed by atoms with E-state index in [0.717, 1.165) is 5.56 Å². The summed E-state index contributed by atoms with van der Waals surface area (Å²) in [6, 6.07) is 5.35. The van der Waals surface area contributed by atoms with E-state index >= 15 is 0 Å². The molecule has 0 spiro atoms. The molecule has 0 bridgehead atoms. The summed E-state index contributed by atoms with van der Waals surface area (Å²) < 4.78 is 28.1.